The second kappa shape index (κ2) is 13.9. The lowest BCUT2D eigenvalue weighted by atomic mass is 9.78. The first-order valence-electron chi connectivity index (χ1n) is 16.6. The Bertz CT molecular complexity index is 1230. The van der Waals surface area contributed by atoms with Crippen LogP contribution in [0.25, 0.3) is 16.7 Å². The van der Waals surface area contributed by atoms with Gasteiger partial charge < -0.3 is 0 Å². The van der Waals surface area contributed by atoms with Gasteiger partial charge in [0.15, 0.2) is 23.3 Å². The number of fused-ring (bicyclic) bond motifs is 3. The van der Waals surface area contributed by atoms with E-state index in [0.717, 1.165) is 68.8 Å². The molecule has 1 unspecified atom stereocenters. The first-order valence-corrected chi connectivity index (χ1v) is 16.6. The van der Waals surface area contributed by atoms with Crippen LogP contribution in [-0.4, -0.2) is 0 Å². The SMILES string of the molecule is CCCCCC1CCC(CCCCc2cc3c(c(F)c2F)-c2c(cc(C4=CCC(CCC)CC4)c(F)c2F)C3)CC1. The summed E-state index contributed by atoms with van der Waals surface area (Å²) in [7, 11) is 0. The minimum atomic E-state index is -1.04. The molecular weight excluding hydrogens is 520 g/mol. The summed E-state index contributed by atoms with van der Waals surface area (Å²) in [5.74, 6) is -1.64. The molecule has 224 valence electrons. The first kappa shape index (κ1) is 30.4. The largest absolute Gasteiger partial charge is 0.203 e. The van der Waals surface area contributed by atoms with E-state index < -0.39 is 23.3 Å². The van der Waals surface area contributed by atoms with Crippen molar-refractivity contribution < 1.29 is 17.6 Å². The van der Waals surface area contributed by atoms with Crippen LogP contribution in [-0.2, 0) is 12.8 Å². The van der Waals surface area contributed by atoms with Crippen LogP contribution >= 0.6 is 0 Å². The Hall–Kier alpha value is -2.10. The van der Waals surface area contributed by atoms with Crippen molar-refractivity contribution in [3.8, 4) is 11.1 Å². The maximum Gasteiger partial charge on any atom is 0.167 e. The van der Waals surface area contributed by atoms with Crippen molar-refractivity contribution in [2.45, 2.75) is 129 Å². The minimum absolute atomic E-state index is 0.0828. The summed E-state index contributed by atoms with van der Waals surface area (Å²) >= 11 is 0. The van der Waals surface area contributed by atoms with Crippen LogP contribution in [0.15, 0.2) is 18.2 Å². The molecule has 4 heteroatoms. The molecule has 0 heterocycles. The normalized spacial score (nSPS) is 22.0. The van der Waals surface area contributed by atoms with Crippen LogP contribution in [0.5, 0.6) is 0 Å². The molecular formula is C37H48F4. The van der Waals surface area contributed by atoms with E-state index in [4.69, 9.17) is 0 Å². The summed E-state index contributed by atoms with van der Waals surface area (Å²) in [5, 5.41) is 0. The van der Waals surface area contributed by atoms with E-state index in [0.29, 0.717) is 41.0 Å². The molecule has 0 aliphatic heterocycles. The van der Waals surface area contributed by atoms with Gasteiger partial charge in [0.05, 0.1) is 0 Å². The molecule has 2 aromatic carbocycles. The zero-order valence-electron chi connectivity index (χ0n) is 25.2. The molecule has 1 atom stereocenters. The second-order valence-electron chi connectivity index (χ2n) is 13.2. The Morgan fingerprint density at radius 2 is 1.27 bits per heavy atom. The van der Waals surface area contributed by atoms with Crippen LogP contribution in [0.2, 0.25) is 0 Å². The number of halogens is 4. The molecule has 0 aromatic heterocycles. The molecule has 0 bridgehead atoms. The summed E-state index contributed by atoms with van der Waals surface area (Å²) in [5.41, 5.74) is 2.46. The Morgan fingerprint density at radius 3 is 1.88 bits per heavy atom. The van der Waals surface area contributed by atoms with Crippen LogP contribution in [0, 0.1) is 41.0 Å². The van der Waals surface area contributed by atoms with Gasteiger partial charge in [-0.25, -0.2) is 17.6 Å². The van der Waals surface area contributed by atoms with Crippen molar-refractivity contribution >= 4 is 5.57 Å². The minimum Gasteiger partial charge on any atom is -0.203 e. The van der Waals surface area contributed by atoms with Crippen LogP contribution in [0.3, 0.4) is 0 Å². The maximum atomic E-state index is 15.4. The molecule has 0 nitrogen and oxygen atoms in total. The van der Waals surface area contributed by atoms with E-state index in [1.165, 1.54) is 51.4 Å². The fourth-order valence-corrected chi connectivity index (χ4v) is 7.90. The van der Waals surface area contributed by atoms with Gasteiger partial charge >= 0.3 is 0 Å². The molecule has 0 amide bonds. The Kier molecular flexibility index (Phi) is 10.3. The quantitative estimate of drug-likeness (QED) is 0.151. The third-order valence-electron chi connectivity index (χ3n) is 10.3. The van der Waals surface area contributed by atoms with E-state index in [-0.39, 0.29) is 11.1 Å². The highest BCUT2D eigenvalue weighted by molar-refractivity contribution is 5.81. The molecule has 3 aliphatic rings. The molecule has 0 N–H and O–H groups in total. The third-order valence-corrected chi connectivity index (χ3v) is 10.3. The Morgan fingerprint density at radius 1 is 0.634 bits per heavy atom. The van der Waals surface area contributed by atoms with E-state index in [1.54, 1.807) is 12.1 Å². The summed E-state index contributed by atoms with van der Waals surface area (Å²) < 4.78 is 61.4. The second-order valence-corrected chi connectivity index (χ2v) is 13.2. The van der Waals surface area contributed by atoms with E-state index in [2.05, 4.69) is 13.8 Å². The molecule has 41 heavy (non-hydrogen) atoms. The topological polar surface area (TPSA) is 0 Å². The van der Waals surface area contributed by atoms with Crippen molar-refractivity contribution in [1.82, 2.24) is 0 Å². The van der Waals surface area contributed by atoms with E-state index in [1.807, 2.05) is 6.08 Å². The number of hydrogen-bond donors (Lipinski definition) is 0. The van der Waals surface area contributed by atoms with Gasteiger partial charge in [0.1, 0.15) is 0 Å². The standard InChI is InChI=1S/C37H48F4/c1-3-5-6-10-25-13-15-26(16-14-25)11-7-8-12-28-21-29-22-30-23-31(27-19-17-24(9-4-2)18-20-27)35(39)37(41)33(30)32(29)36(40)34(28)38/h19,21,23-26H,3-18,20,22H2,1-2H3. The van der Waals surface area contributed by atoms with Crippen molar-refractivity contribution in [3.05, 3.63) is 63.7 Å². The van der Waals surface area contributed by atoms with Gasteiger partial charge in [-0.2, -0.15) is 0 Å². The average molecular weight is 569 g/mol. The molecule has 0 spiro atoms. The number of unbranched alkanes of at least 4 members (excludes halogenated alkanes) is 3. The summed E-state index contributed by atoms with van der Waals surface area (Å²) in [4.78, 5) is 0. The van der Waals surface area contributed by atoms with Gasteiger partial charge in [0.2, 0.25) is 0 Å². The predicted octanol–water partition coefficient (Wildman–Crippen LogP) is 11.9. The van der Waals surface area contributed by atoms with Gasteiger partial charge in [-0.1, -0.05) is 103 Å². The summed E-state index contributed by atoms with van der Waals surface area (Å²) in [6.45, 7) is 4.42. The van der Waals surface area contributed by atoms with Gasteiger partial charge in [-0.05, 0) is 84.6 Å². The van der Waals surface area contributed by atoms with Crippen LogP contribution < -0.4 is 0 Å². The van der Waals surface area contributed by atoms with Gasteiger partial charge in [0, 0.05) is 16.7 Å². The molecule has 3 aliphatic carbocycles. The third kappa shape index (κ3) is 6.78. The van der Waals surface area contributed by atoms with E-state index >= 15 is 17.6 Å². The zero-order valence-corrected chi connectivity index (χ0v) is 25.2. The molecule has 0 saturated heterocycles. The Labute approximate surface area is 245 Å². The van der Waals surface area contributed by atoms with Crippen molar-refractivity contribution in [1.29, 1.82) is 0 Å². The zero-order chi connectivity index (χ0) is 28.9. The number of benzene rings is 2. The smallest absolute Gasteiger partial charge is 0.167 e. The fourth-order valence-electron chi connectivity index (χ4n) is 7.90. The lowest BCUT2D eigenvalue weighted by Crippen LogP contribution is -2.14. The van der Waals surface area contributed by atoms with Gasteiger partial charge in [-0.15, -0.1) is 0 Å². The maximum absolute atomic E-state index is 15.4. The molecule has 5 rings (SSSR count). The van der Waals surface area contributed by atoms with Crippen LogP contribution in [0.4, 0.5) is 17.6 Å². The Balaban J connectivity index is 1.21. The highest BCUT2D eigenvalue weighted by Crippen LogP contribution is 2.45. The first-order chi connectivity index (χ1) is 19.9. The van der Waals surface area contributed by atoms with Crippen molar-refractivity contribution in [2.24, 2.45) is 17.8 Å². The van der Waals surface area contributed by atoms with Crippen molar-refractivity contribution in [3.63, 3.8) is 0 Å². The number of hydrogen-bond acceptors (Lipinski definition) is 0. The molecule has 1 saturated carbocycles. The number of aryl methyl sites for hydroxylation is 1. The number of allylic oxidation sites excluding steroid dienone is 2. The highest BCUT2D eigenvalue weighted by Gasteiger charge is 2.33. The van der Waals surface area contributed by atoms with Gasteiger partial charge in [-0.3, -0.25) is 0 Å². The van der Waals surface area contributed by atoms with Crippen molar-refractivity contribution in [2.75, 3.05) is 0 Å². The molecule has 0 radical (unpaired) electrons. The van der Waals surface area contributed by atoms with E-state index in [9.17, 15) is 0 Å². The average Bonchev–Trinajstić information content (AvgIpc) is 3.35. The van der Waals surface area contributed by atoms with Gasteiger partial charge in [0.25, 0.3) is 0 Å². The predicted molar refractivity (Wildman–Crippen MR) is 162 cm³/mol. The lowest BCUT2D eigenvalue weighted by molar-refractivity contribution is 0.245. The van der Waals surface area contributed by atoms with Crippen LogP contribution in [0.1, 0.15) is 139 Å². The number of rotatable bonds is 12. The molecule has 2 aromatic rings. The molecule has 1 fully saturated rings. The monoisotopic (exact) mass is 568 g/mol. The summed E-state index contributed by atoms with van der Waals surface area (Å²) in [6, 6.07) is 3.40. The highest BCUT2D eigenvalue weighted by atomic mass is 19.2. The fraction of sp³-hybridized carbons (Fsp3) is 0.622. The lowest BCUT2D eigenvalue weighted by Gasteiger charge is -2.28. The summed E-state index contributed by atoms with van der Waals surface area (Å²) in [6.07, 6.45) is 21.3.